The molecule has 0 saturated heterocycles. The number of pyridine rings is 1. The molecule has 90 valence electrons. The zero-order valence-corrected chi connectivity index (χ0v) is 12.2. The molecule has 0 unspecified atom stereocenters. The molecule has 18 heavy (non-hydrogen) atoms. The van der Waals surface area contributed by atoms with Gasteiger partial charge < -0.3 is 4.98 Å². The molecule has 0 bridgehead atoms. The molecule has 1 N–H and O–H groups in total. The Labute approximate surface area is 122 Å². The van der Waals surface area contributed by atoms with Crippen LogP contribution in [0.5, 0.6) is 0 Å². The van der Waals surface area contributed by atoms with Crippen LogP contribution >= 0.6 is 39.7 Å². The van der Waals surface area contributed by atoms with E-state index < -0.39 is 0 Å². The number of aromatic amines is 1. The summed E-state index contributed by atoms with van der Waals surface area (Å²) in [5, 5.41) is 0.626. The Hall–Kier alpha value is -1.17. The van der Waals surface area contributed by atoms with Gasteiger partial charge >= 0.3 is 0 Å². The van der Waals surface area contributed by atoms with E-state index in [4.69, 9.17) is 23.8 Å². The largest absolute Gasteiger partial charge is 0.329 e. The summed E-state index contributed by atoms with van der Waals surface area (Å²) in [5.41, 5.74) is 2.46. The molecule has 0 aliphatic rings. The second kappa shape index (κ2) is 4.50. The van der Waals surface area contributed by atoms with Crippen molar-refractivity contribution in [3.63, 3.8) is 0 Å². The van der Waals surface area contributed by atoms with E-state index in [-0.39, 0.29) is 0 Å². The van der Waals surface area contributed by atoms with Gasteiger partial charge in [-0.2, -0.15) is 0 Å². The normalized spacial score (nSPS) is 11.0. The lowest BCUT2D eigenvalue weighted by Gasteiger charge is -2.06. The Kier molecular flexibility index (Phi) is 2.97. The summed E-state index contributed by atoms with van der Waals surface area (Å²) in [6.45, 7) is 0. The van der Waals surface area contributed by atoms with Crippen LogP contribution in [0.1, 0.15) is 0 Å². The van der Waals surface area contributed by atoms with Gasteiger partial charge in [-0.1, -0.05) is 27.5 Å². The van der Waals surface area contributed by atoms with Gasteiger partial charge in [-0.15, -0.1) is 0 Å². The second-order valence-corrected chi connectivity index (χ2v) is 5.45. The number of aromatic nitrogens is 3. The molecule has 0 atom stereocenters. The number of rotatable bonds is 1. The van der Waals surface area contributed by atoms with Crippen molar-refractivity contribution in [1.29, 1.82) is 0 Å². The van der Waals surface area contributed by atoms with Gasteiger partial charge in [0.15, 0.2) is 10.4 Å². The van der Waals surface area contributed by atoms with Gasteiger partial charge in [0.05, 0.1) is 16.2 Å². The zero-order valence-electron chi connectivity index (χ0n) is 9.02. The zero-order chi connectivity index (χ0) is 12.7. The molecule has 0 aliphatic heterocycles. The number of nitrogens with zero attached hydrogens (tertiary/aromatic N) is 2. The van der Waals surface area contributed by atoms with Crippen molar-refractivity contribution in [3.8, 4) is 5.69 Å². The Morgan fingerprint density at radius 2 is 2.17 bits per heavy atom. The minimum absolute atomic E-state index is 0.573. The predicted molar refractivity (Wildman–Crippen MR) is 79.0 cm³/mol. The van der Waals surface area contributed by atoms with Crippen molar-refractivity contribution in [2.24, 2.45) is 0 Å². The van der Waals surface area contributed by atoms with Gasteiger partial charge in [-0.05, 0) is 42.5 Å². The van der Waals surface area contributed by atoms with Gasteiger partial charge in [0.25, 0.3) is 0 Å². The van der Waals surface area contributed by atoms with Crippen LogP contribution in [0.2, 0.25) is 5.02 Å². The van der Waals surface area contributed by atoms with E-state index in [0.29, 0.717) is 9.79 Å². The molecule has 3 rings (SSSR count). The van der Waals surface area contributed by atoms with E-state index in [9.17, 15) is 0 Å². The van der Waals surface area contributed by atoms with Crippen molar-refractivity contribution in [2.45, 2.75) is 0 Å². The fourth-order valence-electron chi connectivity index (χ4n) is 1.82. The van der Waals surface area contributed by atoms with Crippen LogP contribution in [0.3, 0.4) is 0 Å². The number of hydrogen-bond acceptors (Lipinski definition) is 2. The third-order valence-corrected chi connectivity index (χ3v) is 3.69. The molecule has 0 radical (unpaired) electrons. The van der Waals surface area contributed by atoms with E-state index >= 15 is 0 Å². The minimum Gasteiger partial charge on any atom is -0.329 e. The van der Waals surface area contributed by atoms with Crippen LogP contribution in [-0.4, -0.2) is 14.5 Å². The van der Waals surface area contributed by atoms with Crippen LogP contribution in [0.4, 0.5) is 0 Å². The summed E-state index contributed by atoms with van der Waals surface area (Å²) in [5.74, 6) is 0. The highest BCUT2D eigenvalue weighted by Gasteiger charge is 2.10. The standard InChI is InChI=1S/C12H7BrClN3S/c13-7-3-4-8(14)10(6-7)17-11-9(16-12(17)18)2-1-5-15-11/h1-6H,(H,16,18). The number of imidazole rings is 1. The van der Waals surface area contributed by atoms with Gasteiger partial charge in [0.1, 0.15) is 0 Å². The van der Waals surface area contributed by atoms with Crippen molar-refractivity contribution in [2.75, 3.05) is 0 Å². The highest BCUT2D eigenvalue weighted by molar-refractivity contribution is 9.10. The van der Waals surface area contributed by atoms with Crippen molar-refractivity contribution >= 4 is 50.9 Å². The van der Waals surface area contributed by atoms with Crippen LogP contribution in [-0.2, 0) is 0 Å². The SMILES string of the molecule is S=c1[nH]c2cccnc2n1-c1cc(Br)ccc1Cl. The molecule has 0 amide bonds. The first-order valence-corrected chi connectivity index (χ1v) is 6.76. The summed E-state index contributed by atoms with van der Waals surface area (Å²) in [6.07, 6.45) is 1.73. The average molecular weight is 341 g/mol. The Bertz CT molecular complexity index is 793. The predicted octanol–water partition coefficient (Wildman–Crippen LogP) is 4.50. The molecular formula is C12H7BrClN3S. The minimum atomic E-state index is 0.573. The number of halogens is 2. The van der Waals surface area contributed by atoms with Crippen molar-refractivity contribution < 1.29 is 0 Å². The highest BCUT2D eigenvalue weighted by atomic mass is 79.9. The van der Waals surface area contributed by atoms with Gasteiger partial charge in [-0.25, -0.2) is 4.98 Å². The molecular weight excluding hydrogens is 334 g/mol. The monoisotopic (exact) mass is 339 g/mol. The van der Waals surface area contributed by atoms with E-state index in [0.717, 1.165) is 21.3 Å². The second-order valence-electron chi connectivity index (χ2n) is 3.74. The van der Waals surface area contributed by atoms with Gasteiger partial charge in [0.2, 0.25) is 0 Å². The van der Waals surface area contributed by atoms with Crippen LogP contribution in [0.25, 0.3) is 16.9 Å². The van der Waals surface area contributed by atoms with E-state index in [1.54, 1.807) is 6.20 Å². The summed E-state index contributed by atoms with van der Waals surface area (Å²) in [4.78, 5) is 7.45. The lowest BCUT2D eigenvalue weighted by molar-refractivity contribution is 1.04. The molecule has 3 nitrogen and oxygen atoms in total. The van der Waals surface area contributed by atoms with Crippen LogP contribution in [0.15, 0.2) is 41.0 Å². The van der Waals surface area contributed by atoms with E-state index in [2.05, 4.69) is 25.9 Å². The topological polar surface area (TPSA) is 33.6 Å². The summed E-state index contributed by atoms with van der Waals surface area (Å²) >= 11 is 15.0. The maximum Gasteiger partial charge on any atom is 0.184 e. The molecule has 2 heterocycles. The Balaban J connectivity index is 2.41. The Morgan fingerprint density at radius 1 is 1.33 bits per heavy atom. The molecule has 2 aromatic heterocycles. The molecule has 0 aliphatic carbocycles. The molecule has 0 saturated carbocycles. The van der Waals surface area contributed by atoms with E-state index in [1.807, 2.05) is 34.9 Å². The van der Waals surface area contributed by atoms with Gasteiger partial charge in [-0.3, -0.25) is 4.57 Å². The fraction of sp³-hybridized carbons (Fsp3) is 0. The summed E-state index contributed by atoms with van der Waals surface area (Å²) in [7, 11) is 0. The molecule has 1 aromatic carbocycles. The number of fused-ring (bicyclic) bond motifs is 1. The van der Waals surface area contributed by atoms with Crippen LogP contribution in [0, 0.1) is 4.77 Å². The first-order chi connectivity index (χ1) is 8.66. The number of hydrogen-bond donors (Lipinski definition) is 1. The van der Waals surface area contributed by atoms with Crippen molar-refractivity contribution in [3.05, 3.63) is 50.8 Å². The maximum absolute atomic E-state index is 6.23. The molecule has 6 heteroatoms. The van der Waals surface area contributed by atoms with Crippen molar-refractivity contribution in [1.82, 2.24) is 14.5 Å². The number of nitrogens with one attached hydrogen (secondary N) is 1. The summed E-state index contributed by atoms with van der Waals surface area (Å²) in [6, 6.07) is 9.42. The fourth-order valence-corrected chi connectivity index (χ4v) is 2.67. The molecule has 0 spiro atoms. The first-order valence-electron chi connectivity index (χ1n) is 5.18. The lowest BCUT2D eigenvalue weighted by Crippen LogP contribution is -1.96. The third kappa shape index (κ3) is 1.88. The average Bonchev–Trinajstić information content (AvgIpc) is 2.68. The Morgan fingerprint density at radius 3 is 3.00 bits per heavy atom. The highest BCUT2D eigenvalue weighted by Crippen LogP contribution is 2.27. The quantitative estimate of drug-likeness (QED) is 0.662. The molecule has 3 aromatic rings. The summed E-state index contributed by atoms with van der Waals surface area (Å²) < 4.78 is 3.34. The first kappa shape index (κ1) is 11.9. The van der Waals surface area contributed by atoms with Gasteiger partial charge in [0, 0.05) is 10.7 Å². The number of benzene rings is 1. The molecule has 0 fully saturated rings. The number of H-pyrrole nitrogens is 1. The maximum atomic E-state index is 6.23. The van der Waals surface area contributed by atoms with Crippen LogP contribution < -0.4 is 0 Å². The lowest BCUT2D eigenvalue weighted by atomic mass is 10.3. The van der Waals surface area contributed by atoms with E-state index in [1.165, 1.54) is 0 Å². The smallest absolute Gasteiger partial charge is 0.184 e. The third-order valence-electron chi connectivity index (χ3n) is 2.59.